The molecule has 1 aliphatic carbocycles. The maximum absolute atomic E-state index is 11.7. The number of hydroxylamine groups is 2. The largest absolute Gasteiger partial charge is 0.478 e. The van der Waals surface area contributed by atoms with Crippen LogP contribution in [0.3, 0.4) is 0 Å². The molecule has 2 atom stereocenters. The van der Waals surface area contributed by atoms with Gasteiger partial charge in [0, 0.05) is 11.0 Å². The van der Waals surface area contributed by atoms with E-state index in [0.29, 0.717) is 11.4 Å². The number of aliphatic carboxylic acids is 1. The van der Waals surface area contributed by atoms with Crippen molar-refractivity contribution in [1.29, 1.82) is 0 Å². The van der Waals surface area contributed by atoms with Gasteiger partial charge in [0.2, 0.25) is 0 Å². The van der Waals surface area contributed by atoms with Crippen molar-refractivity contribution in [3.8, 4) is 0 Å². The normalized spacial score (nSPS) is 24.0. The summed E-state index contributed by atoms with van der Waals surface area (Å²) in [5, 5.41) is 21.4. The standard InChI is InChI=1S/C18H21NO4/c1-10-15(17(21)22)16(18(2,3)4)19(23-10)13-9-14(20)12-8-6-5-7-11(12)13/h5-10,14,20H,1-4H3,(H,21,22). The van der Waals surface area contributed by atoms with Crippen LogP contribution in [0.4, 0.5) is 0 Å². The first-order chi connectivity index (χ1) is 10.7. The van der Waals surface area contributed by atoms with Crippen LogP contribution in [0.1, 0.15) is 44.9 Å². The zero-order valence-electron chi connectivity index (χ0n) is 13.7. The van der Waals surface area contributed by atoms with E-state index in [-0.39, 0.29) is 5.57 Å². The van der Waals surface area contributed by atoms with Crippen LogP contribution in [0.5, 0.6) is 0 Å². The molecule has 1 aliphatic heterocycles. The number of carboxylic acids is 1. The first-order valence-electron chi connectivity index (χ1n) is 7.66. The number of rotatable bonds is 2. The minimum atomic E-state index is -0.975. The van der Waals surface area contributed by atoms with E-state index in [2.05, 4.69) is 0 Å². The maximum atomic E-state index is 11.7. The summed E-state index contributed by atoms with van der Waals surface area (Å²) in [5.74, 6) is -0.975. The molecule has 2 aliphatic rings. The predicted octanol–water partition coefficient (Wildman–Crippen LogP) is 3.10. The molecule has 0 bridgehead atoms. The number of aliphatic hydroxyl groups excluding tert-OH is 1. The molecular formula is C18H21NO4. The molecule has 122 valence electrons. The Balaban J connectivity index is 2.15. The van der Waals surface area contributed by atoms with Gasteiger partial charge < -0.3 is 10.2 Å². The van der Waals surface area contributed by atoms with Gasteiger partial charge in [0.15, 0.2) is 0 Å². The average molecular weight is 315 g/mol. The summed E-state index contributed by atoms with van der Waals surface area (Å²) in [5.41, 5.74) is 2.82. The summed E-state index contributed by atoms with van der Waals surface area (Å²) < 4.78 is 0. The van der Waals surface area contributed by atoms with Crippen molar-refractivity contribution in [2.24, 2.45) is 5.41 Å². The van der Waals surface area contributed by atoms with Gasteiger partial charge in [-0.1, -0.05) is 45.0 Å². The van der Waals surface area contributed by atoms with E-state index in [1.807, 2.05) is 45.0 Å². The summed E-state index contributed by atoms with van der Waals surface area (Å²) in [6.07, 6.45) is 0.441. The van der Waals surface area contributed by atoms with E-state index in [4.69, 9.17) is 4.84 Å². The first-order valence-corrected chi connectivity index (χ1v) is 7.66. The van der Waals surface area contributed by atoms with Crippen LogP contribution >= 0.6 is 0 Å². The van der Waals surface area contributed by atoms with Gasteiger partial charge in [-0.25, -0.2) is 9.86 Å². The Morgan fingerprint density at radius 2 is 1.91 bits per heavy atom. The fourth-order valence-corrected chi connectivity index (χ4v) is 3.22. The third kappa shape index (κ3) is 2.46. The van der Waals surface area contributed by atoms with Crippen LogP contribution in [-0.2, 0) is 9.63 Å². The highest BCUT2D eigenvalue weighted by Crippen LogP contribution is 2.46. The first kappa shape index (κ1) is 15.8. The minimum Gasteiger partial charge on any atom is -0.478 e. The van der Waals surface area contributed by atoms with E-state index in [0.717, 1.165) is 11.1 Å². The monoisotopic (exact) mass is 315 g/mol. The number of hydrogen-bond acceptors (Lipinski definition) is 4. The van der Waals surface area contributed by atoms with Crippen LogP contribution in [0.2, 0.25) is 0 Å². The fourth-order valence-electron chi connectivity index (χ4n) is 3.22. The average Bonchev–Trinajstić information content (AvgIpc) is 2.97. The Kier molecular flexibility index (Phi) is 3.58. The van der Waals surface area contributed by atoms with E-state index in [9.17, 15) is 15.0 Å². The predicted molar refractivity (Wildman–Crippen MR) is 85.9 cm³/mol. The second-order valence-corrected chi connectivity index (χ2v) is 6.94. The lowest BCUT2D eigenvalue weighted by molar-refractivity contribution is -0.135. The van der Waals surface area contributed by atoms with E-state index >= 15 is 0 Å². The Morgan fingerprint density at radius 3 is 2.52 bits per heavy atom. The molecule has 0 fully saturated rings. The Labute approximate surface area is 135 Å². The molecule has 0 radical (unpaired) electrons. The smallest absolute Gasteiger partial charge is 0.336 e. The van der Waals surface area contributed by atoms with E-state index in [1.165, 1.54) is 0 Å². The van der Waals surface area contributed by atoms with Crippen molar-refractivity contribution in [3.63, 3.8) is 0 Å². The highest BCUT2D eigenvalue weighted by molar-refractivity contribution is 5.90. The number of allylic oxidation sites excluding steroid dienone is 1. The molecule has 1 aromatic rings. The minimum absolute atomic E-state index is 0.261. The van der Waals surface area contributed by atoms with Gasteiger partial charge in [-0.3, -0.25) is 4.84 Å². The Morgan fingerprint density at radius 1 is 1.26 bits per heavy atom. The molecule has 0 saturated carbocycles. The molecule has 0 aromatic heterocycles. The van der Waals surface area contributed by atoms with Crippen LogP contribution in [0, 0.1) is 5.41 Å². The van der Waals surface area contributed by atoms with E-state index in [1.54, 1.807) is 18.1 Å². The molecule has 1 heterocycles. The van der Waals surface area contributed by atoms with Crippen molar-refractivity contribution in [2.45, 2.75) is 39.9 Å². The molecule has 2 unspecified atom stereocenters. The molecule has 0 saturated heterocycles. The highest BCUT2D eigenvalue weighted by atomic mass is 16.7. The van der Waals surface area contributed by atoms with Crippen molar-refractivity contribution < 1.29 is 19.8 Å². The molecule has 0 amide bonds. The molecule has 5 heteroatoms. The molecule has 23 heavy (non-hydrogen) atoms. The van der Waals surface area contributed by atoms with Crippen molar-refractivity contribution in [1.82, 2.24) is 5.06 Å². The van der Waals surface area contributed by atoms with Crippen LogP contribution < -0.4 is 0 Å². The topological polar surface area (TPSA) is 70.0 Å². The molecule has 1 aromatic carbocycles. The van der Waals surface area contributed by atoms with Gasteiger partial charge in [-0.2, -0.15) is 0 Å². The number of nitrogens with zero attached hydrogens (tertiary/aromatic N) is 1. The van der Waals surface area contributed by atoms with Crippen molar-refractivity contribution >= 4 is 11.7 Å². The summed E-state index contributed by atoms with van der Waals surface area (Å²) in [7, 11) is 0. The summed E-state index contributed by atoms with van der Waals surface area (Å²) in [6.45, 7) is 7.60. The van der Waals surface area contributed by atoms with Gasteiger partial charge >= 0.3 is 5.97 Å². The van der Waals surface area contributed by atoms with Gasteiger partial charge in [0.25, 0.3) is 0 Å². The van der Waals surface area contributed by atoms with Crippen LogP contribution in [0.25, 0.3) is 5.70 Å². The number of fused-ring (bicyclic) bond motifs is 1. The zero-order chi connectivity index (χ0) is 16.9. The van der Waals surface area contributed by atoms with Gasteiger partial charge in [0.05, 0.1) is 17.0 Å². The van der Waals surface area contributed by atoms with Crippen molar-refractivity contribution in [3.05, 3.63) is 52.7 Å². The Bertz CT molecular complexity index is 727. The van der Waals surface area contributed by atoms with E-state index < -0.39 is 23.6 Å². The molecule has 3 rings (SSSR count). The lowest BCUT2D eigenvalue weighted by atomic mass is 9.87. The van der Waals surface area contributed by atoms with Crippen molar-refractivity contribution in [2.75, 3.05) is 0 Å². The molecule has 0 spiro atoms. The Hall–Kier alpha value is -2.11. The van der Waals surface area contributed by atoms with Gasteiger partial charge in [0.1, 0.15) is 12.2 Å². The number of hydrogen-bond donors (Lipinski definition) is 2. The van der Waals surface area contributed by atoms with Crippen LogP contribution in [-0.4, -0.2) is 27.3 Å². The second-order valence-electron chi connectivity index (χ2n) is 6.94. The number of benzene rings is 1. The molecule has 2 N–H and O–H groups in total. The SMILES string of the molecule is CC1ON(C2=CC(O)c3ccccc32)C(C(C)(C)C)=C1C(=O)O. The number of carbonyl (C=O) groups is 1. The molecular weight excluding hydrogens is 294 g/mol. The lowest BCUT2D eigenvalue weighted by Crippen LogP contribution is -2.26. The maximum Gasteiger partial charge on any atom is 0.336 e. The second kappa shape index (κ2) is 5.22. The van der Waals surface area contributed by atoms with Gasteiger partial charge in [-0.15, -0.1) is 0 Å². The quantitative estimate of drug-likeness (QED) is 0.877. The lowest BCUT2D eigenvalue weighted by Gasteiger charge is -2.31. The third-order valence-electron chi connectivity index (χ3n) is 4.16. The third-order valence-corrected chi connectivity index (χ3v) is 4.16. The fraction of sp³-hybridized carbons (Fsp3) is 0.389. The zero-order valence-corrected chi connectivity index (χ0v) is 13.7. The van der Waals surface area contributed by atoms with Gasteiger partial charge in [-0.05, 0) is 18.6 Å². The summed E-state index contributed by atoms with van der Waals surface area (Å²) in [4.78, 5) is 17.6. The number of aliphatic hydroxyl groups is 1. The van der Waals surface area contributed by atoms with Crippen LogP contribution in [0.15, 0.2) is 41.6 Å². The summed E-state index contributed by atoms with van der Waals surface area (Å²) in [6, 6.07) is 7.53. The highest BCUT2D eigenvalue weighted by Gasteiger charge is 2.43. The molecule has 5 nitrogen and oxygen atoms in total. The summed E-state index contributed by atoms with van der Waals surface area (Å²) >= 11 is 0. The number of carboxylic acid groups (broad SMARTS) is 1.